The van der Waals surface area contributed by atoms with Crippen molar-refractivity contribution in [2.45, 2.75) is 19.3 Å². The Hall–Kier alpha value is -4.04. The third kappa shape index (κ3) is 7.55. The van der Waals surface area contributed by atoms with Crippen LogP contribution in [0.3, 0.4) is 0 Å². The molecule has 9 heteroatoms. The first-order valence-corrected chi connectivity index (χ1v) is 10.7. The summed E-state index contributed by atoms with van der Waals surface area (Å²) in [5.74, 6) is 0.372. The highest BCUT2D eigenvalue weighted by Gasteiger charge is 2.18. The Balaban J connectivity index is 1.66. The fourth-order valence-electron chi connectivity index (χ4n) is 2.71. The number of hydrogen-bond acceptors (Lipinski definition) is 7. The summed E-state index contributed by atoms with van der Waals surface area (Å²) in [5.41, 5.74) is 1.62. The van der Waals surface area contributed by atoms with E-state index in [4.69, 9.17) is 9.47 Å². The van der Waals surface area contributed by atoms with E-state index in [1.165, 1.54) is 11.5 Å². The predicted octanol–water partition coefficient (Wildman–Crippen LogP) is 4.33. The topological polar surface area (TPSA) is 115 Å². The van der Waals surface area contributed by atoms with Crippen LogP contribution >= 0.6 is 11.3 Å². The van der Waals surface area contributed by atoms with Crippen molar-refractivity contribution in [1.29, 1.82) is 0 Å². The van der Waals surface area contributed by atoms with Crippen LogP contribution in [0.4, 0.5) is 9.93 Å². The summed E-state index contributed by atoms with van der Waals surface area (Å²) in [5, 5.41) is 13.8. The molecule has 1 aromatic heterocycles. The van der Waals surface area contributed by atoms with Crippen molar-refractivity contribution in [3.8, 4) is 0 Å². The van der Waals surface area contributed by atoms with Crippen LogP contribution in [0.5, 0.6) is 0 Å². The summed E-state index contributed by atoms with van der Waals surface area (Å²) in [4.78, 5) is 38.9. The minimum Gasteiger partial charge on any atom is -0.478 e. The molecule has 1 heterocycles. The van der Waals surface area contributed by atoms with Gasteiger partial charge in [0.05, 0.1) is 17.9 Å². The van der Waals surface area contributed by atoms with Crippen LogP contribution in [0.25, 0.3) is 5.57 Å². The summed E-state index contributed by atoms with van der Waals surface area (Å²) in [6, 6.07) is 18.4. The zero-order chi connectivity index (χ0) is 23.5. The second-order valence-electron chi connectivity index (χ2n) is 6.66. The van der Waals surface area contributed by atoms with Gasteiger partial charge in [-0.3, -0.25) is 5.32 Å². The van der Waals surface area contributed by atoms with E-state index in [0.717, 1.165) is 28.5 Å². The molecule has 1 atom stereocenters. The Kier molecular flexibility index (Phi) is 8.67. The van der Waals surface area contributed by atoms with Gasteiger partial charge in [-0.1, -0.05) is 60.7 Å². The number of carboxylic acids is 1. The van der Waals surface area contributed by atoms with E-state index in [9.17, 15) is 19.5 Å². The van der Waals surface area contributed by atoms with Crippen molar-refractivity contribution in [3.63, 3.8) is 0 Å². The number of nitrogens with one attached hydrogen (secondary N) is 1. The molecule has 0 bridgehead atoms. The number of thiazole rings is 1. The SMILES string of the molecule is O=C=CC(C=C(C(=O)O)c1csc(NC(=O)OCc2ccccc2)n1)OCc1ccccc1. The molecule has 0 saturated carbocycles. The van der Waals surface area contributed by atoms with Gasteiger partial charge in [-0.2, -0.15) is 0 Å². The molecule has 1 unspecified atom stereocenters. The zero-order valence-corrected chi connectivity index (χ0v) is 18.2. The Morgan fingerprint density at radius 2 is 1.70 bits per heavy atom. The molecular formula is C24H20N2O6S. The molecule has 0 aliphatic rings. The summed E-state index contributed by atoms with van der Waals surface area (Å²) in [6.45, 7) is 0.258. The van der Waals surface area contributed by atoms with Gasteiger partial charge in [-0.25, -0.2) is 19.4 Å². The van der Waals surface area contributed by atoms with Crippen molar-refractivity contribution in [2.24, 2.45) is 0 Å². The number of benzene rings is 2. The highest BCUT2D eigenvalue weighted by Crippen LogP contribution is 2.23. The Labute approximate surface area is 193 Å². The van der Waals surface area contributed by atoms with Crippen LogP contribution in [0.15, 0.2) is 78.2 Å². The van der Waals surface area contributed by atoms with Gasteiger partial charge < -0.3 is 14.6 Å². The summed E-state index contributed by atoms with van der Waals surface area (Å²) in [7, 11) is 0. The van der Waals surface area contributed by atoms with E-state index in [-0.39, 0.29) is 29.6 Å². The molecule has 0 radical (unpaired) electrons. The van der Waals surface area contributed by atoms with Gasteiger partial charge in [-0.15, -0.1) is 11.3 Å². The van der Waals surface area contributed by atoms with Crippen LogP contribution in [0.1, 0.15) is 16.8 Å². The first-order valence-electron chi connectivity index (χ1n) is 9.80. The van der Waals surface area contributed by atoms with Gasteiger partial charge in [0, 0.05) is 11.5 Å². The first-order chi connectivity index (χ1) is 16.0. The summed E-state index contributed by atoms with van der Waals surface area (Å²) < 4.78 is 10.8. The fraction of sp³-hybridized carbons (Fsp3) is 0.125. The number of aromatic nitrogens is 1. The van der Waals surface area contributed by atoms with Crippen LogP contribution in [0.2, 0.25) is 0 Å². The number of carbonyl (C=O) groups excluding carboxylic acids is 2. The molecule has 33 heavy (non-hydrogen) atoms. The predicted molar refractivity (Wildman–Crippen MR) is 123 cm³/mol. The molecular weight excluding hydrogens is 444 g/mol. The molecule has 3 aromatic rings. The average Bonchev–Trinajstić information content (AvgIpc) is 3.28. The molecule has 3 rings (SSSR count). The van der Waals surface area contributed by atoms with Gasteiger partial charge in [0.25, 0.3) is 0 Å². The van der Waals surface area contributed by atoms with Crippen molar-refractivity contribution < 1.29 is 29.0 Å². The number of carboxylic acid groups (broad SMARTS) is 1. The van der Waals surface area contributed by atoms with Gasteiger partial charge in [-0.05, 0) is 17.2 Å². The average molecular weight is 464 g/mol. The van der Waals surface area contributed by atoms with E-state index in [2.05, 4.69) is 10.3 Å². The molecule has 0 aliphatic carbocycles. The molecule has 0 saturated heterocycles. The van der Waals surface area contributed by atoms with Crippen LogP contribution in [-0.4, -0.2) is 34.2 Å². The number of aliphatic carboxylic acids is 1. The van der Waals surface area contributed by atoms with Crippen LogP contribution < -0.4 is 5.32 Å². The van der Waals surface area contributed by atoms with Crippen molar-refractivity contribution in [3.05, 3.63) is 95.0 Å². The maximum atomic E-state index is 12.0. The van der Waals surface area contributed by atoms with E-state index in [1.54, 1.807) is 5.94 Å². The number of rotatable bonds is 10. The number of hydrogen-bond donors (Lipinski definition) is 2. The molecule has 2 N–H and O–H groups in total. The quantitative estimate of drug-likeness (QED) is 0.339. The molecule has 2 aromatic carbocycles. The lowest BCUT2D eigenvalue weighted by atomic mass is 10.1. The van der Waals surface area contributed by atoms with Crippen molar-refractivity contribution in [1.82, 2.24) is 4.98 Å². The summed E-state index contributed by atoms with van der Waals surface area (Å²) in [6.07, 6.45) is 0.706. The normalized spacial score (nSPS) is 11.8. The van der Waals surface area contributed by atoms with Gasteiger partial charge >= 0.3 is 12.1 Å². The number of anilines is 1. The largest absolute Gasteiger partial charge is 0.478 e. The lowest BCUT2D eigenvalue weighted by molar-refractivity contribution is -0.130. The van der Waals surface area contributed by atoms with Crippen LogP contribution in [-0.2, 0) is 32.3 Å². The molecule has 1 amide bonds. The third-order valence-corrected chi connectivity index (χ3v) is 5.04. The fourth-order valence-corrected chi connectivity index (χ4v) is 3.41. The Morgan fingerprint density at radius 1 is 1.06 bits per heavy atom. The highest BCUT2D eigenvalue weighted by atomic mass is 32.1. The standard InChI is InChI=1S/C24H20N2O6S/c27-12-11-19(31-14-17-7-3-1-4-8-17)13-20(22(28)29)21-16-33-23(25-21)26-24(30)32-15-18-9-5-2-6-10-18/h1-11,13,16,19H,14-15H2,(H,28,29)(H,25,26,30). The lowest BCUT2D eigenvalue weighted by Gasteiger charge is -2.10. The molecule has 0 spiro atoms. The Bertz CT molecular complexity index is 1150. The monoisotopic (exact) mass is 464 g/mol. The maximum absolute atomic E-state index is 12.0. The second kappa shape index (κ2) is 12.1. The molecule has 0 aliphatic heterocycles. The zero-order valence-electron chi connectivity index (χ0n) is 17.3. The molecule has 168 valence electrons. The van der Waals surface area contributed by atoms with E-state index in [0.29, 0.717) is 0 Å². The third-order valence-electron chi connectivity index (χ3n) is 4.28. The molecule has 0 fully saturated rings. The van der Waals surface area contributed by atoms with Gasteiger partial charge in [0.15, 0.2) is 5.13 Å². The first kappa shape index (κ1) is 23.6. The smallest absolute Gasteiger partial charge is 0.413 e. The van der Waals surface area contributed by atoms with E-state index < -0.39 is 18.2 Å². The molecule has 8 nitrogen and oxygen atoms in total. The van der Waals surface area contributed by atoms with Gasteiger partial charge in [0.2, 0.25) is 0 Å². The van der Waals surface area contributed by atoms with E-state index in [1.807, 2.05) is 60.7 Å². The minimum absolute atomic E-state index is 0.0870. The number of nitrogens with zero attached hydrogens (tertiary/aromatic N) is 1. The number of carbonyl (C=O) groups is 2. The minimum atomic E-state index is -1.26. The van der Waals surface area contributed by atoms with Crippen molar-refractivity contribution >= 4 is 40.0 Å². The number of amides is 1. The highest BCUT2D eigenvalue weighted by molar-refractivity contribution is 7.14. The van der Waals surface area contributed by atoms with Crippen molar-refractivity contribution in [2.75, 3.05) is 5.32 Å². The Morgan fingerprint density at radius 3 is 2.30 bits per heavy atom. The summed E-state index contributed by atoms with van der Waals surface area (Å²) >= 11 is 1.04. The number of ether oxygens (including phenoxy) is 2. The maximum Gasteiger partial charge on any atom is 0.413 e. The lowest BCUT2D eigenvalue weighted by Crippen LogP contribution is -2.14. The van der Waals surface area contributed by atoms with E-state index >= 15 is 0 Å². The van der Waals surface area contributed by atoms with Crippen LogP contribution in [0, 0.1) is 0 Å². The van der Waals surface area contributed by atoms with Gasteiger partial charge in [0.1, 0.15) is 18.7 Å². The second-order valence-corrected chi connectivity index (χ2v) is 7.51.